The van der Waals surface area contributed by atoms with Gasteiger partial charge in [0.2, 0.25) is 0 Å². The van der Waals surface area contributed by atoms with E-state index >= 15 is 0 Å². The van der Waals surface area contributed by atoms with E-state index in [2.05, 4.69) is 5.32 Å². The SMILES string of the molecule is Cc1ccccc1C(C)N1CCNCC(C(F)(F)F)C1. The first-order valence-corrected chi connectivity index (χ1v) is 6.96. The number of benzene rings is 1. The molecule has 2 atom stereocenters. The van der Waals surface area contributed by atoms with E-state index in [-0.39, 0.29) is 19.1 Å². The van der Waals surface area contributed by atoms with Crippen molar-refractivity contribution in [3.8, 4) is 0 Å². The van der Waals surface area contributed by atoms with Gasteiger partial charge in [-0.25, -0.2) is 0 Å². The van der Waals surface area contributed by atoms with E-state index in [9.17, 15) is 13.2 Å². The van der Waals surface area contributed by atoms with Crippen molar-refractivity contribution in [1.29, 1.82) is 0 Å². The highest BCUT2D eigenvalue weighted by molar-refractivity contribution is 5.28. The smallest absolute Gasteiger partial charge is 0.315 e. The molecule has 0 bridgehead atoms. The topological polar surface area (TPSA) is 15.3 Å². The monoisotopic (exact) mass is 286 g/mol. The van der Waals surface area contributed by atoms with Crippen molar-refractivity contribution in [2.24, 2.45) is 5.92 Å². The third-order valence-electron chi connectivity index (χ3n) is 4.07. The highest BCUT2D eigenvalue weighted by Crippen LogP contribution is 2.31. The van der Waals surface area contributed by atoms with Gasteiger partial charge in [0.05, 0.1) is 5.92 Å². The van der Waals surface area contributed by atoms with Crippen molar-refractivity contribution in [2.75, 3.05) is 26.2 Å². The van der Waals surface area contributed by atoms with Gasteiger partial charge in [0.1, 0.15) is 0 Å². The van der Waals surface area contributed by atoms with E-state index in [0.29, 0.717) is 13.1 Å². The minimum atomic E-state index is -4.14. The molecule has 0 amide bonds. The van der Waals surface area contributed by atoms with Crippen LogP contribution in [0.3, 0.4) is 0 Å². The molecule has 1 heterocycles. The lowest BCUT2D eigenvalue weighted by atomic mass is 10.00. The zero-order valence-electron chi connectivity index (χ0n) is 11.9. The molecule has 20 heavy (non-hydrogen) atoms. The third kappa shape index (κ3) is 3.52. The molecule has 1 N–H and O–H groups in total. The summed E-state index contributed by atoms with van der Waals surface area (Å²) in [6, 6.07) is 7.90. The lowest BCUT2D eigenvalue weighted by Crippen LogP contribution is -2.39. The standard InChI is InChI=1S/C15H21F3N2/c1-11-5-3-4-6-14(11)12(2)20-8-7-19-9-13(10-20)15(16,17)18/h3-6,12-13,19H,7-10H2,1-2H3. The zero-order valence-corrected chi connectivity index (χ0v) is 11.9. The Kier molecular flexibility index (Phi) is 4.70. The molecule has 2 nitrogen and oxygen atoms in total. The summed E-state index contributed by atoms with van der Waals surface area (Å²) in [5.41, 5.74) is 2.23. The first-order valence-electron chi connectivity index (χ1n) is 6.96. The molecule has 1 fully saturated rings. The molecule has 2 unspecified atom stereocenters. The van der Waals surface area contributed by atoms with Gasteiger partial charge in [-0.1, -0.05) is 24.3 Å². The van der Waals surface area contributed by atoms with E-state index < -0.39 is 12.1 Å². The fraction of sp³-hybridized carbons (Fsp3) is 0.600. The van der Waals surface area contributed by atoms with Gasteiger partial charge in [0.25, 0.3) is 0 Å². The van der Waals surface area contributed by atoms with Crippen LogP contribution in [0.15, 0.2) is 24.3 Å². The number of nitrogens with one attached hydrogen (secondary N) is 1. The summed E-state index contributed by atoms with van der Waals surface area (Å²) in [6.07, 6.45) is -4.14. The molecule has 1 aliphatic rings. The summed E-state index contributed by atoms with van der Waals surface area (Å²) in [5, 5.41) is 2.89. The normalized spacial score (nSPS) is 23.4. The summed E-state index contributed by atoms with van der Waals surface area (Å²) in [6.45, 7) is 5.31. The Morgan fingerprint density at radius 3 is 2.65 bits per heavy atom. The van der Waals surface area contributed by atoms with E-state index in [1.165, 1.54) is 0 Å². The van der Waals surface area contributed by atoms with Crippen LogP contribution in [0.25, 0.3) is 0 Å². The second kappa shape index (κ2) is 6.14. The van der Waals surface area contributed by atoms with E-state index in [1.807, 2.05) is 43.0 Å². The molecule has 112 valence electrons. The average molecular weight is 286 g/mol. The number of rotatable bonds is 2. The van der Waals surface area contributed by atoms with Gasteiger partial charge < -0.3 is 5.32 Å². The molecule has 2 rings (SSSR count). The molecule has 0 aliphatic carbocycles. The summed E-state index contributed by atoms with van der Waals surface area (Å²) < 4.78 is 38.9. The van der Waals surface area contributed by atoms with Crippen LogP contribution in [0.2, 0.25) is 0 Å². The quantitative estimate of drug-likeness (QED) is 0.898. The minimum Gasteiger partial charge on any atom is -0.315 e. The van der Waals surface area contributed by atoms with Gasteiger partial charge in [-0.2, -0.15) is 13.2 Å². The van der Waals surface area contributed by atoms with Crippen molar-refractivity contribution in [3.05, 3.63) is 35.4 Å². The van der Waals surface area contributed by atoms with Crippen molar-refractivity contribution in [2.45, 2.75) is 26.1 Å². The molecule has 1 aromatic carbocycles. The molecule has 1 aromatic rings. The molecule has 0 radical (unpaired) electrons. The predicted molar refractivity (Wildman–Crippen MR) is 73.6 cm³/mol. The van der Waals surface area contributed by atoms with Crippen LogP contribution in [0.5, 0.6) is 0 Å². The average Bonchev–Trinajstić information content (AvgIpc) is 2.64. The number of hydrogen-bond donors (Lipinski definition) is 1. The number of aryl methyl sites for hydroxylation is 1. The summed E-state index contributed by atoms with van der Waals surface area (Å²) >= 11 is 0. The zero-order chi connectivity index (χ0) is 14.8. The first kappa shape index (κ1) is 15.3. The number of nitrogens with zero attached hydrogens (tertiary/aromatic N) is 1. The molecule has 0 aromatic heterocycles. The largest absolute Gasteiger partial charge is 0.394 e. The molecule has 0 saturated carbocycles. The maximum Gasteiger partial charge on any atom is 0.394 e. The van der Waals surface area contributed by atoms with Crippen LogP contribution in [0, 0.1) is 12.8 Å². The maximum absolute atomic E-state index is 13.0. The van der Waals surface area contributed by atoms with Gasteiger partial charge in [0, 0.05) is 32.2 Å². The fourth-order valence-electron chi connectivity index (χ4n) is 2.76. The molecule has 5 heteroatoms. The molecule has 1 saturated heterocycles. The lowest BCUT2D eigenvalue weighted by molar-refractivity contribution is -0.176. The first-order chi connectivity index (χ1) is 9.39. The fourth-order valence-corrected chi connectivity index (χ4v) is 2.76. The van der Waals surface area contributed by atoms with E-state index in [1.54, 1.807) is 0 Å². The van der Waals surface area contributed by atoms with E-state index in [4.69, 9.17) is 0 Å². The van der Waals surface area contributed by atoms with Crippen LogP contribution >= 0.6 is 0 Å². The van der Waals surface area contributed by atoms with Gasteiger partial charge >= 0.3 is 6.18 Å². The highest BCUT2D eigenvalue weighted by Gasteiger charge is 2.41. The highest BCUT2D eigenvalue weighted by atomic mass is 19.4. The van der Waals surface area contributed by atoms with Gasteiger partial charge in [-0.15, -0.1) is 0 Å². The minimum absolute atomic E-state index is 0.000880. The van der Waals surface area contributed by atoms with Crippen LogP contribution in [0.1, 0.15) is 24.1 Å². The predicted octanol–water partition coefficient (Wildman–Crippen LogP) is 3.14. The van der Waals surface area contributed by atoms with E-state index in [0.717, 1.165) is 11.1 Å². The Balaban J connectivity index is 2.16. The van der Waals surface area contributed by atoms with Crippen molar-refractivity contribution in [1.82, 2.24) is 10.2 Å². The summed E-state index contributed by atoms with van der Waals surface area (Å²) in [5.74, 6) is -1.29. The Morgan fingerprint density at radius 1 is 1.30 bits per heavy atom. The van der Waals surface area contributed by atoms with Gasteiger partial charge in [-0.05, 0) is 25.0 Å². The Hall–Kier alpha value is -1.07. The Morgan fingerprint density at radius 2 is 2.00 bits per heavy atom. The summed E-state index contributed by atoms with van der Waals surface area (Å²) in [4.78, 5) is 1.93. The van der Waals surface area contributed by atoms with Crippen LogP contribution in [-0.4, -0.2) is 37.3 Å². The Labute approximate surface area is 118 Å². The molecule has 1 aliphatic heterocycles. The third-order valence-corrected chi connectivity index (χ3v) is 4.07. The van der Waals surface area contributed by atoms with Gasteiger partial charge in [-0.3, -0.25) is 4.90 Å². The molecular formula is C15H21F3N2. The second-order valence-electron chi connectivity index (χ2n) is 5.47. The number of alkyl halides is 3. The van der Waals surface area contributed by atoms with Crippen molar-refractivity contribution >= 4 is 0 Å². The number of halogens is 3. The second-order valence-corrected chi connectivity index (χ2v) is 5.47. The summed E-state index contributed by atoms with van der Waals surface area (Å²) in [7, 11) is 0. The van der Waals surface area contributed by atoms with Crippen molar-refractivity contribution < 1.29 is 13.2 Å². The lowest BCUT2D eigenvalue weighted by Gasteiger charge is -2.31. The maximum atomic E-state index is 13.0. The molecular weight excluding hydrogens is 265 g/mol. The Bertz CT molecular complexity index is 445. The van der Waals surface area contributed by atoms with Gasteiger partial charge in [0.15, 0.2) is 0 Å². The van der Waals surface area contributed by atoms with Crippen LogP contribution in [-0.2, 0) is 0 Å². The molecule has 0 spiro atoms. The van der Waals surface area contributed by atoms with Crippen molar-refractivity contribution in [3.63, 3.8) is 0 Å². The number of hydrogen-bond acceptors (Lipinski definition) is 2. The van der Waals surface area contributed by atoms with Crippen LogP contribution in [0.4, 0.5) is 13.2 Å². The van der Waals surface area contributed by atoms with Crippen LogP contribution < -0.4 is 5.32 Å².